The van der Waals surface area contributed by atoms with E-state index in [4.69, 9.17) is 14.5 Å². The van der Waals surface area contributed by atoms with Crippen LogP contribution < -0.4 is 10.2 Å². The zero-order valence-electron chi connectivity index (χ0n) is 16.5. The molecule has 0 radical (unpaired) electrons. The van der Waals surface area contributed by atoms with Crippen LogP contribution in [0.2, 0.25) is 0 Å². The second-order valence-corrected chi connectivity index (χ2v) is 6.93. The number of anilines is 1. The van der Waals surface area contributed by atoms with E-state index in [2.05, 4.69) is 33.1 Å². The van der Waals surface area contributed by atoms with Gasteiger partial charge in [-0.2, -0.15) is 0 Å². The molecule has 2 aliphatic rings. The molecule has 3 rings (SSSR count). The monoisotopic (exact) mass is 375 g/mol. The van der Waals surface area contributed by atoms with Gasteiger partial charge in [0, 0.05) is 65.3 Å². The third-order valence-electron chi connectivity index (χ3n) is 4.97. The Balaban J connectivity index is 1.40. The Labute approximate surface area is 162 Å². The lowest BCUT2D eigenvalue weighted by Crippen LogP contribution is -2.52. The van der Waals surface area contributed by atoms with Gasteiger partial charge in [-0.05, 0) is 38.3 Å². The molecule has 0 spiro atoms. The summed E-state index contributed by atoms with van der Waals surface area (Å²) in [7, 11) is 0. The molecule has 150 valence electrons. The van der Waals surface area contributed by atoms with Gasteiger partial charge in [-0.1, -0.05) is 6.07 Å². The summed E-state index contributed by atoms with van der Waals surface area (Å²) in [6, 6.07) is 6.08. The molecule has 0 amide bonds. The van der Waals surface area contributed by atoms with Crippen LogP contribution in [0.5, 0.6) is 0 Å². The number of aliphatic imine (C=N–C) groups is 1. The topological polar surface area (TPSA) is 62.2 Å². The minimum Gasteiger partial charge on any atom is -0.381 e. The molecule has 0 saturated carbocycles. The van der Waals surface area contributed by atoms with Gasteiger partial charge in [0.15, 0.2) is 5.96 Å². The van der Waals surface area contributed by atoms with E-state index < -0.39 is 0 Å². The molecule has 1 N–H and O–H groups in total. The predicted octanol–water partition coefficient (Wildman–Crippen LogP) is 1.75. The summed E-state index contributed by atoms with van der Waals surface area (Å²) in [5.41, 5.74) is 0. The molecular formula is C20H33N5O2. The summed E-state index contributed by atoms with van der Waals surface area (Å²) in [6.07, 6.45) is 5.23. The lowest BCUT2D eigenvalue weighted by molar-refractivity contribution is -0.0318. The Kier molecular flexibility index (Phi) is 8.17. The molecule has 1 aromatic rings. The van der Waals surface area contributed by atoms with Gasteiger partial charge in [0.2, 0.25) is 0 Å². The molecule has 1 aromatic heterocycles. The number of ether oxygens (including phenoxy) is 2. The Morgan fingerprint density at radius 1 is 1.26 bits per heavy atom. The van der Waals surface area contributed by atoms with E-state index in [9.17, 15) is 0 Å². The number of guanidine groups is 1. The fourth-order valence-electron chi connectivity index (χ4n) is 3.46. The minimum absolute atomic E-state index is 0.371. The summed E-state index contributed by atoms with van der Waals surface area (Å²) in [5.74, 6) is 2.08. The van der Waals surface area contributed by atoms with Crippen molar-refractivity contribution in [2.24, 2.45) is 4.99 Å². The van der Waals surface area contributed by atoms with Gasteiger partial charge in [0.1, 0.15) is 5.82 Å². The maximum absolute atomic E-state index is 5.94. The van der Waals surface area contributed by atoms with Crippen molar-refractivity contribution in [2.45, 2.75) is 32.3 Å². The molecule has 2 aliphatic heterocycles. The number of hydrogen-bond donors (Lipinski definition) is 1. The van der Waals surface area contributed by atoms with E-state index in [0.717, 1.165) is 90.1 Å². The van der Waals surface area contributed by atoms with Crippen molar-refractivity contribution < 1.29 is 9.47 Å². The molecule has 7 heteroatoms. The quantitative estimate of drug-likeness (QED) is 0.445. The Hall–Kier alpha value is -1.86. The standard InChI is InChI=1S/C20H33N5O2/c1-2-21-20(23-10-5-15-27-18-7-16-26-17-8-18)25-13-11-24(12-14-25)19-6-3-4-9-22-19/h3-4,6,9,18H,2,5,7-8,10-17H2,1H3,(H,21,23). The Bertz CT molecular complexity index is 555. The van der Waals surface area contributed by atoms with Crippen molar-refractivity contribution in [3.8, 4) is 0 Å². The molecule has 2 saturated heterocycles. The summed E-state index contributed by atoms with van der Waals surface area (Å²) in [6.45, 7) is 10.1. The van der Waals surface area contributed by atoms with Gasteiger partial charge in [0.25, 0.3) is 0 Å². The number of nitrogens with zero attached hydrogens (tertiary/aromatic N) is 4. The molecule has 0 aliphatic carbocycles. The molecule has 0 atom stereocenters. The number of pyridine rings is 1. The summed E-state index contributed by atoms with van der Waals surface area (Å²) in [5, 5.41) is 3.43. The highest BCUT2D eigenvalue weighted by Crippen LogP contribution is 2.13. The van der Waals surface area contributed by atoms with Gasteiger partial charge >= 0.3 is 0 Å². The summed E-state index contributed by atoms with van der Waals surface area (Å²) >= 11 is 0. The van der Waals surface area contributed by atoms with E-state index in [1.807, 2.05) is 18.3 Å². The average molecular weight is 376 g/mol. The van der Waals surface area contributed by atoms with Gasteiger partial charge < -0.3 is 24.6 Å². The van der Waals surface area contributed by atoms with Crippen LogP contribution in [0.3, 0.4) is 0 Å². The van der Waals surface area contributed by atoms with Crippen molar-refractivity contribution >= 4 is 11.8 Å². The van der Waals surface area contributed by atoms with Crippen molar-refractivity contribution in [1.82, 2.24) is 15.2 Å². The highest BCUT2D eigenvalue weighted by molar-refractivity contribution is 5.80. The van der Waals surface area contributed by atoms with Gasteiger partial charge in [-0.25, -0.2) is 4.98 Å². The Morgan fingerprint density at radius 2 is 2.07 bits per heavy atom. The van der Waals surface area contributed by atoms with E-state index in [1.54, 1.807) is 0 Å². The van der Waals surface area contributed by atoms with Crippen LogP contribution in [0.1, 0.15) is 26.2 Å². The van der Waals surface area contributed by atoms with Crippen molar-refractivity contribution in [1.29, 1.82) is 0 Å². The van der Waals surface area contributed by atoms with Crippen molar-refractivity contribution in [3.05, 3.63) is 24.4 Å². The first-order valence-electron chi connectivity index (χ1n) is 10.3. The first-order chi connectivity index (χ1) is 13.4. The Morgan fingerprint density at radius 3 is 2.78 bits per heavy atom. The molecule has 2 fully saturated rings. The van der Waals surface area contributed by atoms with Crippen molar-refractivity contribution in [2.75, 3.05) is 64.0 Å². The van der Waals surface area contributed by atoms with Crippen LogP contribution in [0.15, 0.2) is 29.4 Å². The fraction of sp³-hybridized carbons (Fsp3) is 0.700. The van der Waals surface area contributed by atoms with Crippen LogP contribution in [0, 0.1) is 0 Å². The van der Waals surface area contributed by atoms with E-state index in [0.29, 0.717) is 6.10 Å². The zero-order chi connectivity index (χ0) is 18.7. The third kappa shape index (κ3) is 6.36. The average Bonchev–Trinajstić information content (AvgIpc) is 2.74. The molecule has 3 heterocycles. The zero-order valence-corrected chi connectivity index (χ0v) is 16.5. The molecular weight excluding hydrogens is 342 g/mol. The van der Waals surface area contributed by atoms with Crippen LogP contribution >= 0.6 is 0 Å². The van der Waals surface area contributed by atoms with E-state index in [-0.39, 0.29) is 0 Å². The molecule has 7 nitrogen and oxygen atoms in total. The van der Waals surface area contributed by atoms with Crippen LogP contribution in [0.25, 0.3) is 0 Å². The van der Waals surface area contributed by atoms with Crippen molar-refractivity contribution in [3.63, 3.8) is 0 Å². The highest BCUT2D eigenvalue weighted by Gasteiger charge is 2.20. The summed E-state index contributed by atoms with van der Waals surface area (Å²) in [4.78, 5) is 14.0. The molecule has 0 unspecified atom stereocenters. The first kappa shape index (κ1) is 19.9. The lowest BCUT2D eigenvalue weighted by atomic mass is 10.1. The summed E-state index contributed by atoms with van der Waals surface area (Å²) < 4.78 is 11.3. The lowest BCUT2D eigenvalue weighted by Gasteiger charge is -2.37. The minimum atomic E-state index is 0.371. The third-order valence-corrected chi connectivity index (χ3v) is 4.97. The maximum Gasteiger partial charge on any atom is 0.194 e. The van der Waals surface area contributed by atoms with E-state index >= 15 is 0 Å². The number of nitrogens with one attached hydrogen (secondary N) is 1. The van der Waals surface area contributed by atoms with Crippen LogP contribution in [-0.4, -0.2) is 81.0 Å². The fourth-order valence-corrected chi connectivity index (χ4v) is 3.46. The molecule has 0 bridgehead atoms. The highest BCUT2D eigenvalue weighted by atomic mass is 16.5. The normalized spacial score (nSPS) is 19.4. The first-order valence-corrected chi connectivity index (χ1v) is 10.3. The largest absolute Gasteiger partial charge is 0.381 e. The number of rotatable bonds is 7. The second kappa shape index (κ2) is 11.1. The molecule has 27 heavy (non-hydrogen) atoms. The SMILES string of the molecule is CCNC(=NCCCOC1CCOCC1)N1CCN(c2ccccn2)CC1. The predicted molar refractivity (Wildman–Crippen MR) is 108 cm³/mol. The number of hydrogen-bond acceptors (Lipinski definition) is 5. The second-order valence-electron chi connectivity index (χ2n) is 6.93. The van der Waals surface area contributed by atoms with Gasteiger partial charge in [0.05, 0.1) is 6.10 Å². The van der Waals surface area contributed by atoms with Gasteiger partial charge in [-0.3, -0.25) is 4.99 Å². The van der Waals surface area contributed by atoms with E-state index in [1.165, 1.54) is 0 Å². The number of piperazine rings is 1. The maximum atomic E-state index is 5.94. The molecule has 0 aromatic carbocycles. The van der Waals surface area contributed by atoms with Crippen LogP contribution in [0.4, 0.5) is 5.82 Å². The smallest absolute Gasteiger partial charge is 0.194 e. The number of aromatic nitrogens is 1. The van der Waals surface area contributed by atoms with Crippen LogP contribution in [-0.2, 0) is 9.47 Å². The van der Waals surface area contributed by atoms with Gasteiger partial charge in [-0.15, -0.1) is 0 Å².